The molecule has 0 aliphatic heterocycles. The molecule has 1 heterocycles. The van der Waals surface area contributed by atoms with Crippen molar-refractivity contribution in [1.82, 2.24) is 15.1 Å². The van der Waals surface area contributed by atoms with E-state index in [0.29, 0.717) is 6.54 Å². The Morgan fingerprint density at radius 3 is 2.62 bits per heavy atom. The van der Waals surface area contributed by atoms with Crippen LogP contribution in [-0.4, -0.2) is 9.78 Å². The van der Waals surface area contributed by atoms with E-state index in [-0.39, 0.29) is 11.9 Å². The number of halogens is 1. The van der Waals surface area contributed by atoms with Crippen molar-refractivity contribution in [3.8, 4) is 0 Å². The fraction of sp³-hybridized carbons (Fsp3) is 0.235. The van der Waals surface area contributed by atoms with E-state index in [1.165, 1.54) is 17.5 Å². The minimum absolute atomic E-state index is 0.145. The zero-order valence-electron chi connectivity index (χ0n) is 12.2. The average Bonchev–Trinajstić information content (AvgIpc) is 2.83. The van der Waals surface area contributed by atoms with E-state index in [9.17, 15) is 4.39 Å². The molecule has 1 atom stereocenters. The number of hydrogen-bond acceptors (Lipinski definition) is 2. The minimum Gasteiger partial charge on any atom is -0.304 e. The van der Waals surface area contributed by atoms with Crippen LogP contribution in [0.2, 0.25) is 0 Å². The molecular weight excluding hydrogens is 265 g/mol. The van der Waals surface area contributed by atoms with Crippen molar-refractivity contribution in [2.24, 2.45) is 7.05 Å². The van der Waals surface area contributed by atoms with Crippen LogP contribution in [0.15, 0.2) is 48.5 Å². The first-order valence-electron chi connectivity index (χ1n) is 7.04. The maximum atomic E-state index is 12.9. The van der Waals surface area contributed by atoms with E-state index in [2.05, 4.69) is 29.5 Å². The van der Waals surface area contributed by atoms with Gasteiger partial charge in [0, 0.05) is 25.0 Å². The van der Waals surface area contributed by atoms with Crippen LogP contribution < -0.4 is 5.32 Å². The van der Waals surface area contributed by atoms with Crippen LogP contribution in [0.4, 0.5) is 4.39 Å². The number of nitrogens with one attached hydrogen (secondary N) is 1. The summed E-state index contributed by atoms with van der Waals surface area (Å²) in [6.45, 7) is 2.75. The second-order valence-electron chi connectivity index (χ2n) is 5.24. The summed E-state index contributed by atoms with van der Waals surface area (Å²) in [6.07, 6.45) is 0. The molecule has 0 amide bonds. The predicted molar refractivity (Wildman–Crippen MR) is 82.4 cm³/mol. The lowest BCUT2D eigenvalue weighted by Crippen LogP contribution is -2.18. The monoisotopic (exact) mass is 283 g/mol. The lowest BCUT2D eigenvalue weighted by atomic mass is 10.1. The van der Waals surface area contributed by atoms with E-state index in [1.54, 1.807) is 0 Å². The average molecular weight is 283 g/mol. The Labute approximate surface area is 123 Å². The summed E-state index contributed by atoms with van der Waals surface area (Å²) in [4.78, 5) is 0. The molecule has 1 N–H and O–H groups in total. The highest BCUT2D eigenvalue weighted by Crippen LogP contribution is 2.19. The highest BCUT2D eigenvalue weighted by Gasteiger charge is 2.10. The van der Waals surface area contributed by atoms with Crippen molar-refractivity contribution in [2.75, 3.05) is 0 Å². The Balaban J connectivity index is 1.76. The third-order valence-electron chi connectivity index (χ3n) is 3.78. The predicted octanol–water partition coefficient (Wildman–Crippen LogP) is 3.56. The molecule has 0 spiro atoms. The molecule has 0 aliphatic carbocycles. The Kier molecular flexibility index (Phi) is 3.71. The quantitative estimate of drug-likeness (QED) is 0.793. The summed E-state index contributed by atoms with van der Waals surface area (Å²) in [5.41, 5.74) is 3.22. The Bertz CT molecular complexity index is 746. The zero-order chi connectivity index (χ0) is 14.8. The first-order chi connectivity index (χ1) is 10.1. The zero-order valence-corrected chi connectivity index (χ0v) is 12.2. The second kappa shape index (κ2) is 5.66. The molecule has 3 rings (SSSR count). The molecule has 0 fully saturated rings. The SMILES string of the molecule is C[C@H](NCc1nn(C)c2ccccc12)c1ccc(F)cc1. The number of aryl methyl sites for hydroxylation is 1. The number of fused-ring (bicyclic) bond motifs is 1. The van der Waals surface area contributed by atoms with Crippen molar-refractivity contribution in [1.29, 1.82) is 0 Å². The lowest BCUT2D eigenvalue weighted by molar-refractivity contribution is 0.561. The number of hydrogen-bond donors (Lipinski definition) is 1. The van der Waals surface area contributed by atoms with E-state index in [4.69, 9.17) is 0 Å². The van der Waals surface area contributed by atoms with E-state index >= 15 is 0 Å². The standard InChI is InChI=1S/C17H18FN3/c1-12(13-7-9-14(18)10-8-13)19-11-16-15-5-3-4-6-17(15)21(2)20-16/h3-10,12,19H,11H2,1-2H3/t12-/m0/s1. The maximum absolute atomic E-state index is 12.9. The van der Waals surface area contributed by atoms with E-state index in [1.807, 2.05) is 36.0 Å². The number of benzene rings is 2. The molecule has 0 saturated heterocycles. The fourth-order valence-corrected chi connectivity index (χ4v) is 2.54. The second-order valence-corrected chi connectivity index (χ2v) is 5.24. The number of aromatic nitrogens is 2. The first-order valence-corrected chi connectivity index (χ1v) is 7.04. The summed E-state index contributed by atoms with van der Waals surface area (Å²) < 4.78 is 14.8. The molecule has 0 unspecified atom stereocenters. The minimum atomic E-state index is -0.207. The van der Waals surface area contributed by atoms with Crippen molar-refractivity contribution < 1.29 is 4.39 Å². The molecule has 3 aromatic rings. The molecule has 2 aromatic carbocycles. The molecular formula is C17H18FN3. The Morgan fingerprint density at radius 1 is 1.14 bits per heavy atom. The normalized spacial score (nSPS) is 12.7. The van der Waals surface area contributed by atoms with Gasteiger partial charge in [-0.3, -0.25) is 4.68 Å². The van der Waals surface area contributed by atoms with E-state index in [0.717, 1.165) is 16.8 Å². The largest absolute Gasteiger partial charge is 0.304 e. The van der Waals surface area contributed by atoms with Gasteiger partial charge in [0.15, 0.2) is 0 Å². The molecule has 0 saturated carbocycles. The molecule has 1 aromatic heterocycles. The van der Waals surface area contributed by atoms with Crippen LogP contribution in [0.5, 0.6) is 0 Å². The lowest BCUT2D eigenvalue weighted by Gasteiger charge is -2.13. The van der Waals surface area contributed by atoms with Crippen LogP contribution in [-0.2, 0) is 13.6 Å². The van der Waals surface area contributed by atoms with Gasteiger partial charge < -0.3 is 5.32 Å². The van der Waals surface area contributed by atoms with Crippen molar-refractivity contribution in [3.63, 3.8) is 0 Å². The number of para-hydroxylation sites is 1. The highest BCUT2D eigenvalue weighted by molar-refractivity contribution is 5.81. The molecule has 0 radical (unpaired) electrons. The number of nitrogens with zero attached hydrogens (tertiary/aromatic N) is 2. The fourth-order valence-electron chi connectivity index (χ4n) is 2.54. The van der Waals surface area contributed by atoms with Gasteiger partial charge in [-0.15, -0.1) is 0 Å². The van der Waals surface area contributed by atoms with Crippen LogP contribution in [0, 0.1) is 5.82 Å². The van der Waals surface area contributed by atoms with Gasteiger partial charge in [-0.05, 0) is 30.7 Å². The molecule has 108 valence electrons. The third kappa shape index (κ3) is 2.81. The summed E-state index contributed by atoms with van der Waals surface area (Å²) in [6, 6.07) is 14.9. The summed E-state index contributed by atoms with van der Waals surface area (Å²) in [7, 11) is 1.95. The summed E-state index contributed by atoms with van der Waals surface area (Å²) >= 11 is 0. The molecule has 3 nitrogen and oxygen atoms in total. The van der Waals surface area contributed by atoms with Gasteiger partial charge in [0.2, 0.25) is 0 Å². The van der Waals surface area contributed by atoms with Gasteiger partial charge >= 0.3 is 0 Å². The molecule has 4 heteroatoms. The van der Waals surface area contributed by atoms with Crippen molar-refractivity contribution >= 4 is 10.9 Å². The maximum Gasteiger partial charge on any atom is 0.123 e. The van der Waals surface area contributed by atoms with Crippen LogP contribution in [0.1, 0.15) is 24.2 Å². The topological polar surface area (TPSA) is 29.9 Å². The first kappa shape index (κ1) is 13.8. The van der Waals surface area contributed by atoms with Crippen LogP contribution >= 0.6 is 0 Å². The third-order valence-corrected chi connectivity index (χ3v) is 3.78. The molecule has 0 bridgehead atoms. The molecule has 0 aliphatic rings. The van der Waals surface area contributed by atoms with Crippen molar-refractivity contribution in [3.05, 3.63) is 65.6 Å². The summed E-state index contributed by atoms with van der Waals surface area (Å²) in [5, 5.41) is 9.17. The Hall–Kier alpha value is -2.20. The van der Waals surface area contributed by atoms with E-state index < -0.39 is 0 Å². The summed E-state index contributed by atoms with van der Waals surface area (Å²) in [5.74, 6) is -0.207. The molecule has 21 heavy (non-hydrogen) atoms. The van der Waals surface area contributed by atoms with Gasteiger partial charge in [0.25, 0.3) is 0 Å². The van der Waals surface area contributed by atoms with Gasteiger partial charge in [-0.2, -0.15) is 5.10 Å². The van der Waals surface area contributed by atoms with Crippen LogP contribution in [0.25, 0.3) is 10.9 Å². The smallest absolute Gasteiger partial charge is 0.123 e. The number of rotatable bonds is 4. The van der Waals surface area contributed by atoms with Crippen molar-refractivity contribution in [2.45, 2.75) is 19.5 Å². The Morgan fingerprint density at radius 2 is 1.86 bits per heavy atom. The highest BCUT2D eigenvalue weighted by atomic mass is 19.1. The van der Waals surface area contributed by atoms with Gasteiger partial charge in [0.1, 0.15) is 5.82 Å². The van der Waals surface area contributed by atoms with Gasteiger partial charge in [-0.1, -0.05) is 30.3 Å². The van der Waals surface area contributed by atoms with Gasteiger partial charge in [-0.25, -0.2) is 4.39 Å². The van der Waals surface area contributed by atoms with Gasteiger partial charge in [0.05, 0.1) is 11.2 Å². The van der Waals surface area contributed by atoms with Crippen LogP contribution in [0.3, 0.4) is 0 Å².